The summed E-state index contributed by atoms with van der Waals surface area (Å²) in [4.78, 5) is 32.8. The number of pyridine rings is 1. The number of rotatable bonds is 5. The van der Waals surface area contributed by atoms with Crippen LogP contribution in [0.1, 0.15) is 31.4 Å². The lowest BCUT2D eigenvalue weighted by molar-refractivity contribution is -0.144. The molecule has 2 N–H and O–H groups in total. The lowest BCUT2D eigenvalue weighted by atomic mass is 9.83. The molecule has 3 heterocycles. The summed E-state index contributed by atoms with van der Waals surface area (Å²) in [5.41, 5.74) is 6.61. The predicted octanol–water partition coefficient (Wildman–Crippen LogP) is 1.66. The Labute approximate surface area is 167 Å². The van der Waals surface area contributed by atoms with Crippen molar-refractivity contribution in [2.24, 2.45) is 11.7 Å². The summed E-state index contributed by atoms with van der Waals surface area (Å²) in [5.74, 6) is 0.805. The number of fused-ring (bicyclic) bond motifs is 1. The number of likely N-dealkylation sites (tertiary alicyclic amines) is 2. The maximum Gasteiger partial charge on any atom is 0.222 e. The monoisotopic (exact) mass is 402 g/mol. The number of carbonyl (C=O) groups is 2. The van der Waals surface area contributed by atoms with E-state index in [1.54, 1.807) is 6.20 Å². The molecule has 0 bridgehead atoms. The van der Waals surface area contributed by atoms with E-state index in [0.29, 0.717) is 38.3 Å². The molecule has 2 fully saturated rings. The second kappa shape index (κ2) is 10.7. The first kappa shape index (κ1) is 22.7. The number of nitrogens with two attached hydrogens (primary N) is 1. The summed E-state index contributed by atoms with van der Waals surface area (Å²) in [6.45, 7) is 2.63. The van der Waals surface area contributed by atoms with Gasteiger partial charge < -0.3 is 15.5 Å². The molecule has 2 amide bonds. The minimum Gasteiger partial charge on any atom is -0.342 e. The molecule has 0 unspecified atom stereocenters. The molecule has 8 heteroatoms. The largest absolute Gasteiger partial charge is 0.342 e. The van der Waals surface area contributed by atoms with Crippen LogP contribution < -0.4 is 5.73 Å². The van der Waals surface area contributed by atoms with Crippen LogP contribution >= 0.6 is 24.8 Å². The van der Waals surface area contributed by atoms with Crippen LogP contribution in [0.4, 0.5) is 0 Å². The lowest BCUT2D eigenvalue weighted by Crippen LogP contribution is -2.57. The maximum absolute atomic E-state index is 12.5. The topological polar surface area (TPSA) is 79.5 Å². The zero-order valence-electron chi connectivity index (χ0n) is 14.9. The number of nitrogens with zero attached hydrogens (tertiary/aromatic N) is 3. The van der Waals surface area contributed by atoms with E-state index < -0.39 is 0 Å². The molecule has 0 saturated carbocycles. The van der Waals surface area contributed by atoms with Crippen molar-refractivity contribution in [1.29, 1.82) is 0 Å². The molecule has 146 valence electrons. The second-order valence-electron chi connectivity index (χ2n) is 6.69. The molecule has 2 atom stereocenters. The summed E-state index contributed by atoms with van der Waals surface area (Å²) in [5, 5.41) is 0. The Morgan fingerprint density at radius 2 is 2.08 bits per heavy atom. The zero-order chi connectivity index (χ0) is 16.9. The fourth-order valence-corrected chi connectivity index (χ4v) is 3.95. The molecule has 0 aromatic carbocycles. The Morgan fingerprint density at radius 3 is 2.77 bits per heavy atom. The van der Waals surface area contributed by atoms with Crippen LogP contribution in [0, 0.1) is 5.92 Å². The summed E-state index contributed by atoms with van der Waals surface area (Å²) < 4.78 is 0. The normalized spacial score (nSPS) is 22.1. The number of amides is 2. The number of hydrogen-bond acceptors (Lipinski definition) is 4. The van der Waals surface area contributed by atoms with Gasteiger partial charge in [0.1, 0.15) is 0 Å². The number of hydrogen-bond donors (Lipinski definition) is 1. The van der Waals surface area contributed by atoms with E-state index in [2.05, 4.69) is 4.98 Å². The van der Waals surface area contributed by atoms with Crippen molar-refractivity contribution in [3.05, 3.63) is 30.1 Å². The van der Waals surface area contributed by atoms with Gasteiger partial charge in [-0.25, -0.2) is 0 Å². The van der Waals surface area contributed by atoms with Gasteiger partial charge in [-0.15, -0.1) is 24.8 Å². The van der Waals surface area contributed by atoms with Gasteiger partial charge in [0.25, 0.3) is 0 Å². The summed E-state index contributed by atoms with van der Waals surface area (Å²) in [6, 6.07) is 6.04. The van der Waals surface area contributed by atoms with Gasteiger partial charge in [0.15, 0.2) is 0 Å². The average molecular weight is 403 g/mol. The maximum atomic E-state index is 12.5. The first-order valence-corrected chi connectivity index (χ1v) is 8.86. The highest BCUT2D eigenvalue weighted by Crippen LogP contribution is 2.31. The van der Waals surface area contributed by atoms with Crippen LogP contribution in [0.5, 0.6) is 0 Å². The molecule has 0 aliphatic carbocycles. The molecular formula is C18H28Cl2N4O2. The molecule has 3 rings (SSSR count). The third kappa shape index (κ3) is 5.32. The zero-order valence-corrected chi connectivity index (χ0v) is 16.5. The summed E-state index contributed by atoms with van der Waals surface area (Å²) in [6.07, 6.45) is 5.27. The Hall–Kier alpha value is -1.37. The van der Waals surface area contributed by atoms with Gasteiger partial charge in [0, 0.05) is 57.0 Å². The van der Waals surface area contributed by atoms with Crippen LogP contribution in [0.2, 0.25) is 0 Å². The smallest absolute Gasteiger partial charge is 0.222 e. The standard InChI is InChI=1S/C18H26N4O2.2ClH/c19-9-12-22-16-8-11-21(13-14(16)4-6-18(22)24)17(23)7-5-15-3-1-2-10-20-15;;/h1-3,10,14,16H,4-9,11-13,19H2;2*1H/t14-,16+;;/m0../s1. The van der Waals surface area contributed by atoms with Crippen LogP contribution in [0.3, 0.4) is 0 Å². The van der Waals surface area contributed by atoms with E-state index in [-0.39, 0.29) is 42.7 Å². The predicted molar refractivity (Wildman–Crippen MR) is 106 cm³/mol. The molecule has 0 radical (unpaired) electrons. The van der Waals surface area contributed by atoms with Gasteiger partial charge >= 0.3 is 0 Å². The third-order valence-corrected chi connectivity index (χ3v) is 5.19. The van der Waals surface area contributed by atoms with E-state index in [1.807, 2.05) is 28.0 Å². The number of aromatic nitrogens is 1. The minimum absolute atomic E-state index is 0. The number of piperidine rings is 2. The third-order valence-electron chi connectivity index (χ3n) is 5.19. The quantitative estimate of drug-likeness (QED) is 0.811. The SMILES string of the molecule is Cl.Cl.NCCN1C(=O)CC[C@H]2CN(C(=O)CCc3ccccn3)CC[C@H]21. The van der Waals surface area contributed by atoms with E-state index in [4.69, 9.17) is 5.73 Å². The molecule has 2 aliphatic rings. The first-order chi connectivity index (χ1) is 11.7. The van der Waals surface area contributed by atoms with Gasteiger partial charge in [-0.3, -0.25) is 14.6 Å². The highest BCUT2D eigenvalue weighted by atomic mass is 35.5. The molecule has 26 heavy (non-hydrogen) atoms. The van der Waals surface area contributed by atoms with E-state index >= 15 is 0 Å². The van der Waals surface area contributed by atoms with Crippen molar-refractivity contribution in [3.63, 3.8) is 0 Å². The number of aryl methyl sites for hydroxylation is 1. The Balaban J connectivity index is 0.00000169. The average Bonchev–Trinajstić information content (AvgIpc) is 2.62. The molecule has 1 aromatic heterocycles. The van der Waals surface area contributed by atoms with Crippen LogP contribution in [0.15, 0.2) is 24.4 Å². The van der Waals surface area contributed by atoms with Crippen molar-refractivity contribution in [2.75, 3.05) is 26.2 Å². The van der Waals surface area contributed by atoms with Gasteiger partial charge in [0.2, 0.25) is 11.8 Å². The van der Waals surface area contributed by atoms with Crippen molar-refractivity contribution in [1.82, 2.24) is 14.8 Å². The van der Waals surface area contributed by atoms with Gasteiger partial charge in [-0.2, -0.15) is 0 Å². The second-order valence-corrected chi connectivity index (χ2v) is 6.69. The number of carbonyl (C=O) groups excluding carboxylic acids is 2. The Bertz CT molecular complexity index is 588. The highest BCUT2D eigenvalue weighted by molar-refractivity contribution is 5.85. The molecule has 6 nitrogen and oxygen atoms in total. The minimum atomic E-state index is 0. The van der Waals surface area contributed by atoms with E-state index in [9.17, 15) is 9.59 Å². The molecule has 2 saturated heterocycles. The number of halogens is 2. The van der Waals surface area contributed by atoms with Crippen molar-refractivity contribution in [3.8, 4) is 0 Å². The van der Waals surface area contributed by atoms with Gasteiger partial charge in [0.05, 0.1) is 0 Å². The lowest BCUT2D eigenvalue weighted by Gasteiger charge is -2.47. The van der Waals surface area contributed by atoms with Gasteiger partial charge in [-0.1, -0.05) is 6.07 Å². The summed E-state index contributed by atoms with van der Waals surface area (Å²) in [7, 11) is 0. The first-order valence-electron chi connectivity index (χ1n) is 8.86. The van der Waals surface area contributed by atoms with Crippen LogP contribution in [-0.2, 0) is 16.0 Å². The van der Waals surface area contributed by atoms with Crippen molar-refractivity contribution < 1.29 is 9.59 Å². The highest BCUT2D eigenvalue weighted by Gasteiger charge is 2.39. The fraction of sp³-hybridized carbons (Fsp3) is 0.611. The molecular weight excluding hydrogens is 375 g/mol. The fourth-order valence-electron chi connectivity index (χ4n) is 3.95. The van der Waals surface area contributed by atoms with Crippen molar-refractivity contribution >= 4 is 36.6 Å². The summed E-state index contributed by atoms with van der Waals surface area (Å²) >= 11 is 0. The van der Waals surface area contributed by atoms with Crippen LogP contribution in [0.25, 0.3) is 0 Å². The molecule has 1 aromatic rings. The van der Waals surface area contributed by atoms with Crippen LogP contribution in [-0.4, -0.2) is 58.8 Å². The molecule has 0 spiro atoms. The molecule has 2 aliphatic heterocycles. The van der Waals surface area contributed by atoms with Crippen molar-refractivity contribution in [2.45, 2.75) is 38.1 Å². The van der Waals surface area contributed by atoms with E-state index in [0.717, 1.165) is 31.6 Å². The Kier molecular flexibility index (Phi) is 9.33. The Morgan fingerprint density at radius 1 is 1.27 bits per heavy atom. The van der Waals surface area contributed by atoms with Gasteiger partial charge in [-0.05, 0) is 37.3 Å². The van der Waals surface area contributed by atoms with E-state index in [1.165, 1.54) is 0 Å².